The highest BCUT2D eigenvalue weighted by atomic mass is 16.6. The van der Waals surface area contributed by atoms with E-state index in [4.69, 9.17) is 9.47 Å². The summed E-state index contributed by atoms with van der Waals surface area (Å²) in [6.07, 6.45) is 2.02. The standard InChI is InChI=1S/C19H22N4O5/c1-27-16-10-14(11-17(12-16)28-2)19(24)22-7-3-6-21(8-9-22)18-5-4-15(13-20-18)23(25)26/h4-5,10-13H,3,6-9H2,1-2H3. The quantitative estimate of drug-likeness (QED) is 0.575. The summed E-state index contributed by atoms with van der Waals surface area (Å²) in [6, 6.07) is 8.21. The fourth-order valence-corrected chi connectivity index (χ4v) is 3.14. The Bertz CT molecular complexity index is 834. The van der Waals surface area contributed by atoms with Gasteiger partial charge in [0.25, 0.3) is 11.6 Å². The number of nitro groups is 1. The Morgan fingerprint density at radius 1 is 1.07 bits per heavy atom. The summed E-state index contributed by atoms with van der Waals surface area (Å²) < 4.78 is 10.5. The van der Waals surface area contributed by atoms with E-state index in [0.29, 0.717) is 42.5 Å². The summed E-state index contributed by atoms with van der Waals surface area (Å²) in [6.45, 7) is 2.45. The number of anilines is 1. The topological polar surface area (TPSA) is 98.0 Å². The number of benzene rings is 1. The molecule has 0 atom stereocenters. The van der Waals surface area contributed by atoms with Crippen molar-refractivity contribution in [2.45, 2.75) is 6.42 Å². The maximum absolute atomic E-state index is 13.0. The van der Waals surface area contributed by atoms with E-state index in [9.17, 15) is 14.9 Å². The van der Waals surface area contributed by atoms with Gasteiger partial charge in [-0.15, -0.1) is 0 Å². The first-order chi connectivity index (χ1) is 13.5. The third-order valence-electron chi connectivity index (χ3n) is 4.65. The molecule has 1 aromatic heterocycles. The zero-order chi connectivity index (χ0) is 20.1. The molecule has 0 saturated carbocycles. The van der Waals surface area contributed by atoms with Crippen LogP contribution in [0, 0.1) is 10.1 Å². The van der Waals surface area contributed by atoms with E-state index >= 15 is 0 Å². The highest BCUT2D eigenvalue weighted by Crippen LogP contribution is 2.24. The van der Waals surface area contributed by atoms with Crippen molar-refractivity contribution in [3.8, 4) is 11.5 Å². The molecule has 148 valence electrons. The molecular weight excluding hydrogens is 364 g/mol. The number of aromatic nitrogens is 1. The second-order valence-electron chi connectivity index (χ2n) is 6.37. The Morgan fingerprint density at radius 3 is 2.36 bits per heavy atom. The van der Waals surface area contributed by atoms with Crippen molar-refractivity contribution in [3.05, 3.63) is 52.2 Å². The van der Waals surface area contributed by atoms with Gasteiger partial charge in [-0.25, -0.2) is 4.98 Å². The average molecular weight is 386 g/mol. The molecule has 0 bridgehead atoms. The van der Waals surface area contributed by atoms with Crippen molar-refractivity contribution >= 4 is 17.4 Å². The fraction of sp³-hybridized carbons (Fsp3) is 0.368. The number of hydrogen-bond donors (Lipinski definition) is 0. The van der Waals surface area contributed by atoms with Gasteiger partial charge >= 0.3 is 0 Å². The molecule has 2 aromatic rings. The molecule has 3 rings (SSSR count). The number of ether oxygens (including phenoxy) is 2. The van der Waals surface area contributed by atoms with Crippen LogP contribution < -0.4 is 14.4 Å². The van der Waals surface area contributed by atoms with Crippen molar-refractivity contribution < 1.29 is 19.2 Å². The number of rotatable bonds is 5. The minimum absolute atomic E-state index is 0.0395. The van der Waals surface area contributed by atoms with Crippen molar-refractivity contribution in [2.75, 3.05) is 45.3 Å². The maximum atomic E-state index is 13.0. The smallest absolute Gasteiger partial charge is 0.287 e. The number of pyridine rings is 1. The summed E-state index contributed by atoms with van der Waals surface area (Å²) in [5.74, 6) is 1.71. The second kappa shape index (κ2) is 8.55. The van der Waals surface area contributed by atoms with Gasteiger partial charge in [0.15, 0.2) is 0 Å². The minimum Gasteiger partial charge on any atom is -0.497 e. The van der Waals surface area contributed by atoms with Crippen LogP contribution in [0.2, 0.25) is 0 Å². The number of methoxy groups -OCH3 is 2. The lowest BCUT2D eigenvalue weighted by Crippen LogP contribution is -2.35. The zero-order valence-corrected chi connectivity index (χ0v) is 15.8. The SMILES string of the molecule is COc1cc(OC)cc(C(=O)N2CCCN(c3ccc([N+](=O)[O-])cn3)CC2)c1. The molecule has 9 nitrogen and oxygen atoms in total. The highest BCUT2D eigenvalue weighted by Gasteiger charge is 2.22. The Kier molecular flexibility index (Phi) is 5.93. The first-order valence-corrected chi connectivity index (χ1v) is 8.89. The normalized spacial score (nSPS) is 14.4. The molecule has 1 aliphatic heterocycles. The molecule has 9 heteroatoms. The van der Waals surface area contributed by atoms with E-state index in [1.807, 2.05) is 4.90 Å². The molecular formula is C19H22N4O5. The monoisotopic (exact) mass is 386 g/mol. The third kappa shape index (κ3) is 4.30. The Labute approximate surface area is 162 Å². The molecule has 0 aliphatic carbocycles. The maximum Gasteiger partial charge on any atom is 0.287 e. The van der Waals surface area contributed by atoms with Crippen molar-refractivity contribution in [1.82, 2.24) is 9.88 Å². The summed E-state index contributed by atoms with van der Waals surface area (Å²) in [4.78, 5) is 31.3. The average Bonchev–Trinajstić information content (AvgIpc) is 2.99. The summed E-state index contributed by atoms with van der Waals surface area (Å²) in [5, 5.41) is 10.8. The van der Waals surface area contributed by atoms with Crippen molar-refractivity contribution in [2.24, 2.45) is 0 Å². The van der Waals surface area contributed by atoms with Gasteiger partial charge in [0.1, 0.15) is 23.5 Å². The molecule has 0 unspecified atom stereocenters. The predicted molar refractivity (Wildman–Crippen MR) is 103 cm³/mol. The van der Waals surface area contributed by atoms with Gasteiger partial charge in [-0.05, 0) is 24.6 Å². The molecule has 1 saturated heterocycles. The number of carbonyl (C=O) groups is 1. The molecule has 28 heavy (non-hydrogen) atoms. The first-order valence-electron chi connectivity index (χ1n) is 8.89. The first kappa shape index (κ1) is 19.4. The van der Waals surface area contributed by atoms with Crippen LogP contribution in [0.4, 0.5) is 11.5 Å². The second-order valence-corrected chi connectivity index (χ2v) is 6.37. The summed E-state index contributed by atoms with van der Waals surface area (Å²) in [5.41, 5.74) is 0.473. The van der Waals surface area contributed by atoms with Crippen LogP contribution in [0.25, 0.3) is 0 Å². The molecule has 1 amide bonds. The van der Waals surface area contributed by atoms with Gasteiger partial charge in [-0.2, -0.15) is 0 Å². The number of amides is 1. The van der Waals surface area contributed by atoms with Crippen LogP contribution in [0.5, 0.6) is 11.5 Å². The Hall–Kier alpha value is -3.36. The number of nitrogens with zero attached hydrogens (tertiary/aromatic N) is 4. The molecule has 1 aliphatic rings. The van der Waals surface area contributed by atoms with Gasteiger partial charge in [0.2, 0.25) is 0 Å². The lowest BCUT2D eigenvalue weighted by Gasteiger charge is -2.23. The third-order valence-corrected chi connectivity index (χ3v) is 4.65. The van der Waals surface area contributed by atoms with E-state index in [1.165, 1.54) is 12.3 Å². The van der Waals surface area contributed by atoms with Gasteiger partial charge < -0.3 is 19.3 Å². The highest BCUT2D eigenvalue weighted by molar-refractivity contribution is 5.95. The van der Waals surface area contributed by atoms with Gasteiger partial charge in [0.05, 0.1) is 19.1 Å². The Morgan fingerprint density at radius 2 is 1.79 bits per heavy atom. The molecule has 0 radical (unpaired) electrons. The van der Waals surface area contributed by atoms with Gasteiger partial charge in [0, 0.05) is 43.9 Å². The van der Waals surface area contributed by atoms with Crippen LogP contribution in [-0.2, 0) is 0 Å². The molecule has 2 heterocycles. The summed E-state index contributed by atoms with van der Waals surface area (Å²) in [7, 11) is 3.09. The number of hydrogen-bond acceptors (Lipinski definition) is 7. The molecule has 0 spiro atoms. The molecule has 0 N–H and O–H groups in total. The number of carbonyl (C=O) groups excluding carboxylic acids is 1. The van der Waals surface area contributed by atoms with Crippen LogP contribution in [0.3, 0.4) is 0 Å². The van der Waals surface area contributed by atoms with Crippen molar-refractivity contribution in [1.29, 1.82) is 0 Å². The summed E-state index contributed by atoms with van der Waals surface area (Å²) >= 11 is 0. The van der Waals surface area contributed by atoms with Crippen LogP contribution in [0.1, 0.15) is 16.8 Å². The van der Waals surface area contributed by atoms with Gasteiger partial charge in [-0.1, -0.05) is 0 Å². The lowest BCUT2D eigenvalue weighted by atomic mass is 10.1. The van der Waals surface area contributed by atoms with E-state index in [-0.39, 0.29) is 11.6 Å². The van der Waals surface area contributed by atoms with Gasteiger partial charge in [-0.3, -0.25) is 14.9 Å². The largest absolute Gasteiger partial charge is 0.497 e. The minimum atomic E-state index is -0.470. The van der Waals surface area contributed by atoms with Crippen LogP contribution in [0.15, 0.2) is 36.5 Å². The zero-order valence-electron chi connectivity index (χ0n) is 15.8. The van der Waals surface area contributed by atoms with E-state index in [0.717, 1.165) is 13.0 Å². The molecule has 1 fully saturated rings. The fourth-order valence-electron chi connectivity index (χ4n) is 3.14. The van der Waals surface area contributed by atoms with E-state index in [1.54, 1.807) is 43.4 Å². The van der Waals surface area contributed by atoms with Crippen LogP contribution >= 0.6 is 0 Å². The van der Waals surface area contributed by atoms with Crippen molar-refractivity contribution in [3.63, 3.8) is 0 Å². The Balaban J connectivity index is 1.71. The van der Waals surface area contributed by atoms with E-state index < -0.39 is 4.92 Å². The van der Waals surface area contributed by atoms with E-state index in [2.05, 4.69) is 4.98 Å². The lowest BCUT2D eigenvalue weighted by molar-refractivity contribution is -0.385. The molecule has 1 aromatic carbocycles. The van der Waals surface area contributed by atoms with Crippen LogP contribution in [-0.4, -0.2) is 61.1 Å². The predicted octanol–water partition coefficient (Wildman–Crippen LogP) is 2.36.